The van der Waals surface area contributed by atoms with Crippen LogP contribution in [0.2, 0.25) is 0 Å². The molecule has 5 rings (SSSR count). The maximum Gasteiger partial charge on any atom is 0.317 e. The number of carbonyl (C=O) groups is 2. The Morgan fingerprint density at radius 2 is 1.76 bits per heavy atom. The second-order valence-electron chi connectivity index (χ2n) is 9.93. The van der Waals surface area contributed by atoms with Crippen LogP contribution in [0.15, 0.2) is 35.5 Å². The summed E-state index contributed by atoms with van der Waals surface area (Å²) >= 11 is 0. The van der Waals surface area contributed by atoms with Crippen LogP contribution in [0.4, 0.5) is 4.79 Å². The predicted octanol–water partition coefficient (Wildman–Crippen LogP) is 2.64. The zero-order valence-electron chi connectivity index (χ0n) is 19.3. The summed E-state index contributed by atoms with van der Waals surface area (Å²) in [4.78, 5) is 35.9. The van der Waals surface area contributed by atoms with Gasteiger partial charge in [0.25, 0.3) is 5.91 Å². The number of nitrogens with one attached hydrogen (secondary N) is 2. The first kappa shape index (κ1) is 22.2. The summed E-state index contributed by atoms with van der Waals surface area (Å²) in [5.41, 5.74) is 0.966. The van der Waals surface area contributed by atoms with Crippen LogP contribution >= 0.6 is 0 Å². The zero-order valence-corrected chi connectivity index (χ0v) is 19.3. The van der Waals surface area contributed by atoms with Gasteiger partial charge in [0.2, 0.25) is 0 Å². The van der Waals surface area contributed by atoms with E-state index < -0.39 is 5.60 Å². The molecule has 33 heavy (non-hydrogen) atoms. The first-order valence-corrected chi connectivity index (χ1v) is 12.5. The normalized spacial score (nSPS) is 27.6. The fourth-order valence-corrected chi connectivity index (χ4v) is 5.68. The van der Waals surface area contributed by atoms with Crippen molar-refractivity contribution < 1.29 is 14.4 Å². The molecule has 2 N–H and O–H groups in total. The van der Waals surface area contributed by atoms with Gasteiger partial charge in [-0.25, -0.2) is 4.79 Å². The number of amides is 3. The minimum Gasteiger partial charge on any atom is -0.385 e. The van der Waals surface area contributed by atoms with Crippen LogP contribution in [0.5, 0.6) is 0 Å². The molecule has 3 heterocycles. The smallest absolute Gasteiger partial charge is 0.317 e. The van der Waals surface area contributed by atoms with Gasteiger partial charge in [0.1, 0.15) is 5.71 Å². The minimum absolute atomic E-state index is 0.000801. The van der Waals surface area contributed by atoms with Crippen LogP contribution in [0.3, 0.4) is 0 Å². The fraction of sp³-hybridized carbons (Fsp3) is 0.640. The third kappa shape index (κ3) is 4.86. The number of likely N-dealkylation sites (tertiary alicyclic amines) is 2. The molecule has 0 radical (unpaired) electrons. The highest BCUT2D eigenvalue weighted by atomic mass is 16.7. The highest BCUT2D eigenvalue weighted by molar-refractivity contribution is 6.39. The van der Waals surface area contributed by atoms with Gasteiger partial charge in [0, 0.05) is 38.6 Å². The Morgan fingerprint density at radius 3 is 2.52 bits per heavy atom. The van der Waals surface area contributed by atoms with Crippen LogP contribution in [-0.2, 0) is 16.2 Å². The largest absolute Gasteiger partial charge is 0.385 e. The Kier molecular flexibility index (Phi) is 6.53. The van der Waals surface area contributed by atoms with Gasteiger partial charge in [-0.05, 0) is 37.7 Å². The SMILES string of the molecule is O=C(NC1CCCC1)N1CC[C@H](NCc2ccccc2)[C@]2(CC(C(=O)N3CCCC3)=NO2)C1. The molecular formula is C25H35N5O3. The first-order valence-electron chi connectivity index (χ1n) is 12.5. The van der Waals surface area contributed by atoms with E-state index in [2.05, 4.69) is 27.9 Å². The monoisotopic (exact) mass is 453 g/mol. The molecule has 1 aliphatic carbocycles. The molecule has 8 heteroatoms. The summed E-state index contributed by atoms with van der Waals surface area (Å²) in [5, 5.41) is 11.1. The van der Waals surface area contributed by atoms with Crippen molar-refractivity contribution in [3.8, 4) is 0 Å². The molecule has 3 amide bonds. The molecule has 3 fully saturated rings. The van der Waals surface area contributed by atoms with Crippen LogP contribution in [-0.4, -0.2) is 71.3 Å². The molecule has 4 aliphatic rings. The van der Waals surface area contributed by atoms with Gasteiger partial charge in [-0.3, -0.25) is 4.79 Å². The minimum atomic E-state index is -0.717. The van der Waals surface area contributed by atoms with Crippen molar-refractivity contribution in [1.82, 2.24) is 20.4 Å². The van der Waals surface area contributed by atoms with Gasteiger partial charge in [0.05, 0.1) is 12.6 Å². The molecule has 1 aromatic carbocycles. The van der Waals surface area contributed by atoms with Gasteiger partial charge in [-0.2, -0.15) is 0 Å². The summed E-state index contributed by atoms with van der Waals surface area (Å²) < 4.78 is 0. The van der Waals surface area contributed by atoms with Crippen LogP contribution in [0.1, 0.15) is 56.9 Å². The average Bonchev–Trinajstić information content (AvgIpc) is 3.61. The Morgan fingerprint density at radius 1 is 1.00 bits per heavy atom. The summed E-state index contributed by atoms with van der Waals surface area (Å²) in [5.74, 6) is -0.0151. The van der Waals surface area contributed by atoms with Crippen LogP contribution < -0.4 is 10.6 Å². The van der Waals surface area contributed by atoms with Crippen molar-refractivity contribution >= 4 is 17.6 Å². The van der Waals surface area contributed by atoms with Crippen molar-refractivity contribution in [3.05, 3.63) is 35.9 Å². The molecule has 1 aromatic rings. The molecule has 2 atom stereocenters. The average molecular weight is 454 g/mol. The highest BCUT2D eigenvalue weighted by Crippen LogP contribution is 2.35. The van der Waals surface area contributed by atoms with Gasteiger partial charge in [0.15, 0.2) is 5.60 Å². The van der Waals surface area contributed by atoms with Crippen molar-refractivity contribution in [1.29, 1.82) is 0 Å². The molecule has 0 bridgehead atoms. The van der Waals surface area contributed by atoms with E-state index >= 15 is 0 Å². The molecule has 8 nitrogen and oxygen atoms in total. The number of oxime groups is 1. The second-order valence-corrected chi connectivity index (χ2v) is 9.93. The molecule has 178 valence electrons. The molecule has 3 aliphatic heterocycles. The molecular weight excluding hydrogens is 418 g/mol. The Hall–Kier alpha value is -2.61. The standard InChI is InChI=1S/C25H35N5O3/c31-23(29-13-6-7-14-29)21-16-25(33-28-21)18-30(24(32)27-20-10-4-5-11-20)15-12-22(25)26-17-19-8-2-1-3-9-19/h1-3,8-9,20,22,26H,4-7,10-18H2,(H,27,32)/t22-,25-/m0/s1. The number of hydrogen-bond acceptors (Lipinski definition) is 5. The van der Waals surface area contributed by atoms with Crippen LogP contribution in [0, 0.1) is 0 Å². The highest BCUT2D eigenvalue weighted by Gasteiger charge is 2.52. The molecule has 1 saturated carbocycles. The summed E-state index contributed by atoms with van der Waals surface area (Å²) in [7, 11) is 0. The Bertz CT molecular complexity index is 879. The maximum atomic E-state index is 13.0. The van der Waals surface area contributed by atoms with E-state index in [9.17, 15) is 9.59 Å². The Labute approximate surface area is 195 Å². The summed E-state index contributed by atoms with van der Waals surface area (Å²) in [6.07, 6.45) is 7.75. The van der Waals surface area contributed by atoms with Crippen molar-refractivity contribution in [2.24, 2.45) is 5.16 Å². The third-order valence-electron chi connectivity index (χ3n) is 7.59. The molecule has 0 unspecified atom stereocenters. The fourth-order valence-electron chi connectivity index (χ4n) is 5.68. The lowest BCUT2D eigenvalue weighted by Gasteiger charge is -2.44. The number of rotatable bonds is 5. The van der Waals surface area contributed by atoms with Gasteiger partial charge >= 0.3 is 6.03 Å². The molecule has 2 saturated heterocycles. The van der Waals surface area contributed by atoms with Gasteiger partial charge in [-0.1, -0.05) is 48.3 Å². The first-order chi connectivity index (χ1) is 16.1. The number of benzene rings is 1. The quantitative estimate of drug-likeness (QED) is 0.718. The third-order valence-corrected chi connectivity index (χ3v) is 7.59. The van der Waals surface area contributed by atoms with E-state index in [1.807, 2.05) is 28.0 Å². The van der Waals surface area contributed by atoms with E-state index in [4.69, 9.17) is 4.84 Å². The second kappa shape index (κ2) is 9.71. The molecule has 0 aromatic heterocycles. The number of urea groups is 1. The van der Waals surface area contributed by atoms with E-state index in [-0.39, 0.29) is 24.0 Å². The van der Waals surface area contributed by atoms with E-state index in [1.165, 1.54) is 18.4 Å². The number of nitrogens with zero attached hydrogens (tertiary/aromatic N) is 3. The maximum absolute atomic E-state index is 13.0. The van der Waals surface area contributed by atoms with Crippen molar-refractivity contribution in [2.45, 2.75) is 75.6 Å². The summed E-state index contributed by atoms with van der Waals surface area (Å²) in [6, 6.07) is 10.5. The number of carbonyl (C=O) groups excluding carboxylic acids is 2. The lowest BCUT2D eigenvalue weighted by atomic mass is 9.83. The van der Waals surface area contributed by atoms with Crippen molar-refractivity contribution in [2.75, 3.05) is 26.2 Å². The van der Waals surface area contributed by atoms with Gasteiger partial charge < -0.3 is 25.3 Å². The number of piperidine rings is 1. The summed E-state index contributed by atoms with van der Waals surface area (Å²) in [6.45, 7) is 3.37. The van der Waals surface area contributed by atoms with E-state index in [1.54, 1.807) is 0 Å². The van der Waals surface area contributed by atoms with E-state index in [0.717, 1.165) is 45.2 Å². The number of hydrogen-bond donors (Lipinski definition) is 2. The topological polar surface area (TPSA) is 86.3 Å². The van der Waals surface area contributed by atoms with Crippen molar-refractivity contribution in [3.63, 3.8) is 0 Å². The van der Waals surface area contributed by atoms with Crippen LogP contribution in [0.25, 0.3) is 0 Å². The predicted molar refractivity (Wildman–Crippen MR) is 126 cm³/mol. The van der Waals surface area contributed by atoms with E-state index in [0.29, 0.717) is 31.8 Å². The zero-order chi connectivity index (χ0) is 22.7. The lowest BCUT2D eigenvalue weighted by Crippen LogP contribution is -2.64. The Balaban J connectivity index is 1.29. The molecule has 1 spiro atoms. The lowest BCUT2D eigenvalue weighted by molar-refractivity contribution is -0.123. The van der Waals surface area contributed by atoms with Gasteiger partial charge in [-0.15, -0.1) is 0 Å².